The van der Waals surface area contributed by atoms with Crippen LogP contribution in [0.3, 0.4) is 0 Å². The fourth-order valence-electron chi connectivity index (χ4n) is 0.992. The summed E-state index contributed by atoms with van der Waals surface area (Å²) < 4.78 is 0. The maximum Gasteiger partial charge on any atom is 0.221 e. The number of amides is 1. The van der Waals surface area contributed by atoms with Crippen molar-refractivity contribution in [1.29, 1.82) is 0 Å². The molecule has 1 aromatic rings. The topological polar surface area (TPSA) is 46.2 Å². The van der Waals surface area contributed by atoms with E-state index in [-0.39, 0.29) is 11.7 Å². The van der Waals surface area contributed by atoms with Crippen LogP contribution in [-0.2, 0) is 4.79 Å². The van der Waals surface area contributed by atoms with E-state index in [1.165, 1.54) is 13.8 Å². The van der Waals surface area contributed by atoms with Gasteiger partial charge in [0.25, 0.3) is 0 Å². The number of Topliss-reactive ketones (excluding diaryl/α,β-unsaturated/α-hetero) is 1. The van der Waals surface area contributed by atoms with Gasteiger partial charge >= 0.3 is 0 Å². The molecule has 0 aliphatic heterocycles. The molecule has 1 rings (SSSR count). The van der Waals surface area contributed by atoms with Crippen LogP contribution >= 0.6 is 37.2 Å². The lowest BCUT2D eigenvalue weighted by molar-refractivity contribution is -0.114. The molecule has 0 aliphatic rings. The van der Waals surface area contributed by atoms with E-state index in [0.717, 1.165) is 0 Å². The van der Waals surface area contributed by atoms with E-state index in [4.69, 9.17) is 0 Å². The van der Waals surface area contributed by atoms with E-state index >= 15 is 0 Å². The maximum atomic E-state index is 10.9. The van der Waals surface area contributed by atoms with Crippen LogP contribution in [0.25, 0.3) is 0 Å². The summed E-state index contributed by atoms with van der Waals surface area (Å²) in [5.74, 6) is -0.0926. The molecular weight excluding hydrogens is 420 g/mol. The summed E-state index contributed by atoms with van der Waals surface area (Å²) >= 11 is 4.24. The number of ketones is 1. The molecule has 1 N–H and O–H groups in total. The van der Waals surface area contributed by atoms with Gasteiger partial charge in [-0.2, -0.15) is 0 Å². The monoisotopic (exact) mass is 431 g/mol. The molecule has 0 fully saturated rings. The molecule has 0 spiro atoms. The van der Waals surface area contributed by atoms with E-state index in [1.54, 1.807) is 24.3 Å². The number of anilines is 1. The smallest absolute Gasteiger partial charge is 0.221 e. The Morgan fingerprint density at radius 2 is 1.53 bits per heavy atom. The Bertz CT molecular complexity index is 336. The minimum Gasteiger partial charge on any atom is -0.326 e. The molecule has 3 nitrogen and oxygen atoms in total. The number of carbonyl (C=O) groups excluding carboxylic acids is 2. The zero-order valence-corrected chi connectivity index (χ0v) is 12.7. The highest BCUT2D eigenvalue weighted by Gasteiger charge is 1.99. The van der Waals surface area contributed by atoms with Gasteiger partial charge in [0.1, 0.15) is 0 Å². The van der Waals surface area contributed by atoms with Gasteiger partial charge in [-0.25, -0.2) is 0 Å². The van der Waals surface area contributed by atoms with Gasteiger partial charge in [0.15, 0.2) is 5.78 Å². The van der Waals surface area contributed by atoms with E-state index < -0.39 is 0 Å². The lowest BCUT2D eigenvalue weighted by Crippen LogP contribution is -2.05. The Morgan fingerprint density at radius 1 is 1.07 bits per heavy atom. The number of benzene rings is 1. The number of halogens is 2. The molecule has 0 aliphatic carbocycles. The first-order valence-electron chi connectivity index (χ1n) is 4.12. The zero-order valence-electron chi connectivity index (χ0n) is 8.38. The number of carbonyl (C=O) groups is 2. The highest BCUT2D eigenvalue weighted by atomic mass is 128. The van der Waals surface area contributed by atoms with Crippen molar-refractivity contribution < 1.29 is 9.59 Å². The van der Waals surface area contributed by atoms with Crippen LogP contribution in [0.2, 0.25) is 0 Å². The maximum absolute atomic E-state index is 10.9. The summed E-state index contributed by atoms with van der Waals surface area (Å²) in [6.07, 6.45) is 0. The van der Waals surface area contributed by atoms with Crippen LogP contribution in [0.4, 0.5) is 5.69 Å². The zero-order chi connectivity index (χ0) is 11.8. The molecule has 0 aromatic heterocycles. The summed E-state index contributed by atoms with van der Waals surface area (Å²) in [5.41, 5.74) is 1.35. The first kappa shape index (κ1) is 14.8. The molecule has 5 heteroatoms. The third-order valence-corrected chi connectivity index (χ3v) is 1.61. The summed E-state index contributed by atoms with van der Waals surface area (Å²) in [7, 11) is 0. The van der Waals surface area contributed by atoms with E-state index in [2.05, 4.69) is 42.5 Å². The van der Waals surface area contributed by atoms with Crippen molar-refractivity contribution in [3.8, 4) is 0 Å². The molecule has 0 bridgehead atoms. The van der Waals surface area contributed by atoms with Crippen LogP contribution in [0.5, 0.6) is 0 Å². The Balaban J connectivity index is 0.000000921. The summed E-state index contributed by atoms with van der Waals surface area (Å²) in [5, 5.41) is 2.62. The molecule has 1 aromatic carbocycles. The highest BCUT2D eigenvalue weighted by molar-refractivity contribution is 15.0. The summed E-state index contributed by atoms with van der Waals surface area (Å²) in [6.45, 7) is 2.95. The lowest BCUT2D eigenvalue weighted by atomic mass is 10.1. The third-order valence-electron chi connectivity index (χ3n) is 1.61. The van der Waals surface area contributed by atoms with Crippen LogP contribution in [-0.4, -0.2) is 11.7 Å². The van der Waals surface area contributed by atoms with Gasteiger partial charge in [-0.1, -0.05) is 0 Å². The van der Waals surface area contributed by atoms with Crippen molar-refractivity contribution in [2.75, 3.05) is 5.32 Å². The predicted molar refractivity (Wildman–Crippen MR) is 78.8 cm³/mol. The van der Waals surface area contributed by atoms with Gasteiger partial charge < -0.3 is 5.32 Å². The van der Waals surface area contributed by atoms with Crippen molar-refractivity contribution >= 4 is 54.6 Å². The molecule has 0 saturated heterocycles. The number of rotatable bonds is 2. The summed E-state index contributed by atoms with van der Waals surface area (Å²) in [4.78, 5) is 21.5. The normalized spacial score (nSPS) is 8.53. The molecular formula is C10H11I2NO2. The highest BCUT2D eigenvalue weighted by Crippen LogP contribution is 2.09. The first-order chi connectivity index (χ1) is 7.09. The molecule has 0 heterocycles. The van der Waals surface area contributed by atoms with E-state index in [0.29, 0.717) is 11.3 Å². The van der Waals surface area contributed by atoms with Gasteiger partial charge in [-0.3, -0.25) is 9.59 Å². The molecule has 0 atom stereocenters. The Hall–Kier alpha value is -0.180. The molecule has 15 heavy (non-hydrogen) atoms. The van der Waals surface area contributed by atoms with Crippen molar-refractivity contribution in [2.45, 2.75) is 13.8 Å². The lowest BCUT2D eigenvalue weighted by Gasteiger charge is -2.01. The Labute approximate surface area is 112 Å². The van der Waals surface area contributed by atoms with Gasteiger partial charge in [-0.15, -0.1) is 0 Å². The molecule has 0 radical (unpaired) electrons. The second kappa shape index (κ2) is 8.03. The van der Waals surface area contributed by atoms with Gasteiger partial charge in [0.2, 0.25) is 5.91 Å². The minimum atomic E-state index is -0.115. The number of hydrogen-bond acceptors (Lipinski definition) is 2. The molecule has 1 amide bonds. The summed E-state index contributed by atoms with van der Waals surface area (Å²) in [6, 6.07) is 6.79. The Kier molecular flexibility index (Phi) is 7.93. The third kappa shape index (κ3) is 6.08. The number of nitrogens with one attached hydrogen (secondary N) is 1. The Morgan fingerprint density at radius 3 is 1.87 bits per heavy atom. The second-order valence-corrected chi connectivity index (χ2v) is 2.81. The van der Waals surface area contributed by atoms with Crippen molar-refractivity contribution in [2.24, 2.45) is 0 Å². The van der Waals surface area contributed by atoms with Crippen molar-refractivity contribution in [3.63, 3.8) is 0 Å². The molecule has 0 unspecified atom stereocenters. The van der Waals surface area contributed by atoms with Gasteiger partial charge in [-0.05, 0) is 31.2 Å². The SMILES string of the molecule is CC(=O)Nc1ccc(C(C)=O)cc1.II. The van der Waals surface area contributed by atoms with Gasteiger partial charge in [0.05, 0.1) is 0 Å². The fraction of sp³-hybridized carbons (Fsp3) is 0.200. The van der Waals surface area contributed by atoms with Crippen LogP contribution in [0, 0.1) is 0 Å². The standard InChI is InChI=1S/C10H11NO2.I2/c1-7(12)9-3-5-10(6-4-9)11-8(2)13;1-2/h3-6H,1-2H3,(H,11,13);. The average Bonchev–Trinajstić information content (AvgIpc) is 2.20. The average molecular weight is 431 g/mol. The predicted octanol–water partition coefficient (Wildman–Crippen LogP) is 3.62. The van der Waals surface area contributed by atoms with Crippen LogP contribution in [0.1, 0.15) is 24.2 Å². The van der Waals surface area contributed by atoms with Gasteiger partial charge in [0, 0.05) is 55.4 Å². The van der Waals surface area contributed by atoms with Crippen molar-refractivity contribution in [1.82, 2.24) is 0 Å². The molecule has 82 valence electrons. The molecule has 0 saturated carbocycles. The van der Waals surface area contributed by atoms with E-state index in [9.17, 15) is 9.59 Å². The van der Waals surface area contributed by atoms with Crippen LogP contribution in [0.15, 0.2) is 24.3 Å². The van der Waals surface area contributed by atoms with E-state index in [1.807, 2.05) is 0 Å². The second-order valence-electron chi connectivity index (χ2n) is 2.81. The first-order valence-corrected chi connectivity index (χ1v) is 10.4. The minimum absolute atomic E-state index is 0.0226. The van der Waals surface area contributed by atoms with Crippen molar-refractivity contribution in [3.05, 3.63) is 29.8 Å². The quantitative estimate of drug-likeness (QED) is 0.575. The number of hydrogen-bond donors (Lipinski definition) is 1. The largest absolute Gasteiger partial charge is 0.326 e. The van der Waals surface area contributed by atoms with Crippen LogP contribution < -0.4 is 5.32 Å². The fourth-order valence-corrected chi connectivity index (χ4v) is 0.992.